The van der Waals surface area contributed by atoms with Gasteiger partial charge in [0.25, 0.3) is 0 Å². The average Bonchev–Trinajstić information content (AvgIpc) is 3.11. The average molecular weight is 425 g/mol. The standard InChI is InChI=1S/C17H18BrFN4O3/c18-12-7-10(1-2-13(12)19)8-14(21-25)17-15(22-26-23-17)9-16(24)11-3-5-20-6-4-11/h1-2,7,11,20,25H,3-6,8-9H2. The van der Waals surface area contributed by atoms with Crippen molar-refractivity contribution in [3.05, 3.63) is 45.4 Å². The van der Waals surface area contributed by atoms with Crippen molar-refractivity contribution in [2.24, 2.45) is 11.1 Å². The van der Waals surface area contributed by atoms with Crippen LogP contribution in [0.5, 0.6) is 0 Å². The summed E-state index contributed by atoms with van der Waals surface area (Å²) in [6.07, 6.45) is 1.86. The fourth-order valence-corrected chi connectivity index (χ4v) is 3.43. The van der Waals surface area contributed by atoms with Crippen molar-refractivity contribution in [1.82, 2.24) is 15.6 Å². The van der Waals surface area contributed by atoms with Gasteiger partial charge in [-0.1, -0.05) is 16.4 Å². The first-order valence-electron chi connectivity index (χ1n) is 8.28. The molecule has 1 aromatic heterocycles. The molecule has 2 N–H and O–H groups in total. The number of hydrogen-bond acceptors (Lipinski definition) is 7. The van der Waals surface area contributed by atoms with Crippen LogP contribution in [0.2, 0.25) is 0 Å². The monoisotopic (exact) mass is 424 g/mol. The molecule has 2 heterocycles. The first kappa shape index (κ1) is 18.7. The maximum absolute atomic E-state index is 13.4. The van der Waals surface area contributed by atoms with Crippen molar-refractivity contribution in [3.8, 4) is 0 Å². The number of carbonyl (C=O) groups excluding carboxylic acids is 1. The summed E-state index contributed by atoms with van der Waals surface area (Å²) in [6, 6.07) is 4.49. The summed E-state index contributed by atoms with van der Waals surface area (Å²) in [6.45, 7) is 1.65. The molecule has 1 fully saturated rings. The van der Waals surface area contributed by atoms with Crippen LogP contribution < -0.4 is 5.32 Å². The number of oxime groups is 1. The molecule has 0 spiro atoms. The summed E-state index contributed by atoms with van der Waals surface area (Å²) in [7, 11) is 0. The van der Waals surface area contributed by atoms with E-state index >= 15 is 0 Å². The van der Waals surface area contributed by atoms with E-state index in [1.165, 1.54) is 6.07 Å². The molecule has 1 saturated heterocycles. The molecule has 0 saturated carbocycles. The molecule has 0 unspecified atom stereocenters. The minimum atomic E-state index is -0.382. The predicted octanol–water partition coefficient (Wildman–Crippen LogP) is 2.50. The third-order valence-electron chi connectivity index (χ3n) is 4.44. The molecular weight excluding hydrogens is 407 g/mol. The van der Waals surface area contributed by atoms with Gasteiger partial charge in [-0.15, -0.1) is 0 Å². The second kappa shape index (κ2) is 8.50. The summed E-state index contributed by atoms with van der Waals surface area (Å²) in [5.74, 6) is -0.318. The number of rotatable bonds is 6. The van der Waals surface area contributed by atoms with Crippen molar-refractivity contribution in [2.45, 2.75) is 25.7 Å². The molecule has 0 radical (unpaired) electrons. The first-order chi connectivity index (χ1) is 12.6. The molecule has 0 atom stereocenters. The molecule has 0 bridgehead atoms. The van der Waals surface area contributed by atoms with Gasteiger partial charge in [0.2, 0.25) is 0 Å². The van der Waals surface area contributed by atoms with E-state index in [2.05, 4.69) is 36.7 Å². The van der Waals surface area contributed by atoms with Gasteiger partial charge in [-0.05, 0) is 64.7 Å². The zero-order valence-electron chi connectivity index (χ0n) is 13.9. The molecule has 0 amide bonds. The number of halogens is 2. The lowest BCUT2D eigenvalue weighted by Gasteiger charge is -2.20. The number of piperidine rings is 1. The molecule has 9 heteroatoms. The highest BCUT2D eigenvalue weighted by Gasteiger charge is 2.25. The van der Waals surface area contributed by atoms with E-state index in [1.54, 1.807) is 12.1 Å². The maximum atomic E-state index is 13.4. The summed E-state index contributed by atoms with van der Waals surface area (Å²) >= 11 is 3.12. The van der Waals surface area contributed by atoms with Crippen molar-refractivity contribution < 1.29 is 19.0 Å². The zero-order valence-corrected chi connectivity index (χ0v) is 15.5. The van der Waals surface area contributed by atoms with Gasteiger partial charge < -0.3 is 10.5 Å². The Morgan fingerprint density at radius 2 is 2.12 bits per heavy atom. The maximum Gasteiger partial charge on any atom is 0.156 e. The lowest BCUT2D eigenvalue weighted by Crippen LogP contribution is -2.32. The second-order valence-electron chi connectivity index (χ2n) is 6.20. The Labute approximate surface area is 157 Å². The number of nitrogens with one attached hydrogen (secondary N) is 1. The molecule has 3 rings (SSSR count). The van der Waals surface area contributed by atoms with Gasteiger partial charge in [0.05, 0.1) is 10.9 Å². The Hall–Kier alpha value is -2.13. The molecule has 26 heavy (non-hydrogen) atoms. The van der Waals surface area contributed by atoms with Crippen molar-refractivity contribution >= 4 is 27.4 Å². The zero-order chi connectivity index (χ0) is 18.5. The molecule has 2 aromatic rings. The largest absolute Gasteiger partial charge is 0.411 e. The van der Waals surface area contributed by atoms with Gasteiger partial charge in [-0.25, -0.2) is 9.02 Å². The van der Waals surface area contributed by atoms with Gasteiger partial charge in [0, 0.05) is 12.3 Å². The molecule has 1 aromatic carbocycles. The highest BCUT2D eigenvalue weighted by atomic mass is 79.9. The van der Waals surface area contributed by atoms with Crippen LogP contribution in [-0.4, -0.2) is 40.1 Å². The van der Waals surface area contributed by atoms with Gasteiger partial charge in [0.1, 0.15) is 23.0 Å². The van der Waals surface area contributed by atoms with Gasteiger partial charge in [-0.3, -0.25) is 4.79 Å². The minimum absolute atomic E-state index is 0.0108. The highest BCUT2D eigenvalue weighted by molar-refractivity contribution is 9.10. The molecule has 1 aliphatic rings. The van der Waals surface area contributed by atoms with E-state index in [-0.39, 0.29) is 41.8 Å². The Kier molecular flexibility index (Phi) is 6.10. The molecule has 138 valence electrons. The smallest absolute Gasteiger partial charge is 0.156 e. The quantitative estimate of drug-likeness (QED) is 0.419. The summed E-state index contributed by atoms with van der Waals surface area (Å²) in [5, 5.41) is 23.5. The van der Waals surface area contributed by atoms with Crippen molar-refractivity contribution in [2.75, 3.05) is 13.1 Å². The normalized spacial score (nSPS) is 16.0. The van der Waals surface area contributed by atoms with E-state index < -0.39 is 0 Å². The van der Waals surface area contributed by atoms with Crippen LogP contribution in [0, 0.1) is 11.7 Å². The van der Waals surface area contributed by atoms with E-state index in [0.717, 1.165) is 25.9 Å². The van der Waals surface area contributed by atoms with Crippen LogP contribution in [-0.2, 0) is 17.6 Å². The van der Waals surface area contributed by atoms with Crippen LogP contribution in [0.3, 0.4) is 0 Å². The minimum Gasteiger partial charge on any atom is -0.411 e. The van der Waals surface area contributed by atoms with E-state index in [9.17, 15) is 14.4 Å². The van der Waals surface area contributed by atoms with E-state index in [4.69, 9.17) is 4.63 Å². The van der Waals surface area contributed by atoms with E-state index in [1.807, 2.05) is 0 Å². The Morgan fingerprint density at radius 3 is 2.81 bits per heavy atom. The molecule has 1 aliphatic heterocycles. The third kappa shape index (κ3) is 4.34. The van der Waals surface area contributed by atoms with E-state index in [0.29, 0.717) is 15.7 Å². The number of carbonyl (C=O) groups is 1. The summed E-state index contributed by atoms with van der Waals surface area (Å²) < 4.78 is 18.5. The second-order valence-corrected chi connectivity index (χ2v) is 7.05. The van der Waals surface area contributed by atoms with Crippen LogP contribution in [0.15, 0.2) is 32.5 Å². The first-order valence-corrected chi connectivity index (χ1v) is 9.08. The lowest BCUT2D eigenvalue weighted by molar-refractivity contribution is -0.123. The molecule has 7 nitrogen and oxygen atoms in total. The molecule has 0 aliphatic carbocycles. The van der Waals surface area contributed by atoms with Gasteiger partial charge >= 0.3 is 0 Å². The Morgan fingerprint density at radius 1 is 1.35 bits per heavy atom. The Balaban J connectivity index is 1.74. The fourth-order valence-electron chi connectivity index (χ4n) is 3.00. The number of nitrogens with zero attached hydrogens (tertiary/aromatic N) is 3. The van der Waals surface area contributed by atoms with Crippen LogP contribution in [0.25, 0.3) is 0 Å². The number of Topliss-reactive ketones (excluding diaryl/α,β-unsaturated/α-hetero) is 1. The summed E-state index contributed by atoms with van der Waals surface area (Å²) in [4.78, 5) is 12.5. The SMILES string of the molecule is O=C(Cc1nonc1C(Cc1ccc(F)c(Br)c1)=NO)C1CCNCC1. The number of benzene rings is 1. The highest BCUT2D eigenvalue weighted by Crippen LogP contribution is 2.20. The van der Waals surface area contributed by atoms with Gasteiger partial charge in [-0.2, -0.15) is 0 Å². The number of hydrogen-bond donors (Lipinski definition) is 2. The number of ketones is 1. The molecular formula is C17H18BrFN4O3. The summed E-state index contributed by atoms with van der Waals surface area (Å²) in [5.41, 5.74) is 1.51. The van der Waals surface area contributed by atoms with Crippen LogP contribution in [0.4, 0.5) is 4.39 Å². The number of aromatic nitrogens is 2. The van der Waals surface area contributed by atoms with Crippen LogP contribution >= 0.6 is 15.9 Å². The topological polar surface area (TPSA) is 101 Å². The van der Waals surface area contributed by atoms with Crippen LogP contribution in [0.1, 0.15) is 29.8 Å². The van der Waals surface area contributed by atoms with Crippen molar-refractivity contribution in [3.63, 3.8) is 0 Å². The van der Waals surface area contributed by atoms with Crippen molar-refractivity contribution in [1.29, 1.82) is 0 Å². The van der Waals surface area contributed by atoms with Gasteiger partial charge in [0.15, 0.2) is 5.69 Å². The predicted molar refractivity (Wildman–Crippen MR) is 94.7 cm³/mol. The lowest BCUT2D eigenvalue weighted by atomic mass is 9.90. The Bertz CT molecular complexity index is 818. The third-order valence-corrected chi connectivity index (χ3v) is 5.05. The fraction of sp³-hybridized carbons (Fsp3) is 0.412.